The number of benzene rings is 1. The Hall–Kier alpha value is -2.12. The number of nitriles is 1. The number of nitrogens with zero attached hydrogens (tertiary/aromatic N) is 1. The molecule has 18 heavy (non-hydrogen) atoms. The number of nitrogens with one attached hydrogen (secondary N) is 1. The van der Waals surface area contributed by atoms with Crippen LogP contribution in [0.25, 0.3) is 6.08 Å². The molecule has 4 heteroatoms. The average molecular weight is 242 g/mol. The van der Waals surface area contributed by atoms with Gasteiger partial charge in [-0.2, -0.15) is 5.26 Å². The SMILES string of the molecule is N#Cc1ccc(/C=C/C(=O)NC2(CO)CC2)cc1. The molecule has 2 rings (SSSR count). The fourth-order valence-corrected chi connectivity index (χ4v) is 1.62. The summed E-state index contributed by atoms with van der Waals surface area (Å²) in [4.78, 5) is 11.6. The van der Waals surface area contributed by atoms with E-state index in [-0.39, 0.29) is 18.1 Å². The third-order valence-corrected chi connectivity index (χ3v) is 3.01. The Morgan fingerprint density at radius 2 is 2.11 bits per heavy atom. The number of rotatable bonds is 4. The molecular weight excluding hydrogens is 228 g/mol. The van der Waals surface area contributed by atoms with Crippen molar-refractivity contribution in [1.82, 2.24) is 5.32 Å². The van der Waals surface area contributed by atoms with Crippen molar-refractivity contribution < 1.29 is 9.90 Å². The zero-order valence-electron chi connectivity index (χ0n) is 9.89. The summed E-state index contributed by atoms with van der Waals surface area (Å²) >= 11 is 0. The van der Waals surface area contributed by atoms with Crippen LogP contribution in [0.3, 0.4) is 0 Å². The second-order valence-electron chi connectivity index (χ2n) is 4.49. The molecule has 1 aromatic carbocycles. The molecule has 1 saturated carbocycles. The largest absolute Gasteiger partial charge is 0.394 e. The van der Waals surface area contributed by atoms with E-state index in [2.05, 4.69) is 5.32 Å². The number of carbonyl (C=O) groups excluding carboxylic acids is 1. The predicted octanol–water partition coefficient (Wildman–Crippen LogP) is 1.21. The van der Waals surface area contributed by atoms with E-state index in [1.807, 2.05) is 6.07 Å². The first-order valence-electron chi connectivity index (χ1n) is 5.79. The number of amides is 1. The van der Waals surface area contributed by atoms with Gasteiger partial charge >= 0.3 is 0 Å². The van der Waals surface area contributed by atoms with Crippen molar-refractivity contribution in [3.63, 3.8) is 0 Å². The van der Waals surface area contributed by atoms with E-state index in [0.717, 1.165) is 18.4 Å². The number of hydrogen-bond donors (Lipinski definition) is 2. The van der Waals surface area contributed by atoms with Gasteiger partial charge in [-0.15, -0.1) is 0 Å². The zero-order valence-corrected chi connectivity index (χ0v) is 9.89. The van der Waals surface area contributed by atoms with Crippen LogP contribution in [0.4, 0.5) is 0 Å². The van der Waals surface area contributed by atoms with Crippen LogP contribution >= 0.6 is 0 Å². The molecule has 0 saturated heterocycles. The van der Waals surface area contributed by atoms with Crippen molar-refractivity contribution in [2.75, 3.05) is 6.61 Å². The topological polar surface area (TPSA) is 73.1 Å². The normalized spacial score (nSPS) is 16.2. The van der Waals surface area contributed by atoms with Crippen molar-refractivity contribution in [3.8, 4) is 6.07 Å². The number of carbonyl (C=O) groups is 1. The summed E-state index contributed by atoms with van der Waals surface area (Å²) < 4.78 is 0. The molecule has 0 spiro atoms. The minimum absolute atomic E-state index is 0.0105. The Morgan fingerprint density at radius 1 is 1.44 bits per heavy atom. The van der Waals surface area contributed by atoms with Gasteiger partial charge in [0.1, 0.15) is 0 Å². The Morgan fingerprint density at radius 3 is 2.61 bits per heavy atom. The summed E-state index contributed by atoms with van der Waals surface area (Å²) in [5.41, 5.74) is 1.07. The van der Waals surface area contributed by atoms with Gasteiger partial charge in [-0.1, -0.05) is 12.1 Å². The molecule has 0 heterocycles. The summed E-state index contributed by atoms with van der Waals surface area (Å²) in [5.74, 6) is -0.203. The average Bonchev–Trinajstić information content (AvgIpc) is 3.17. The Bertz CT molecular complexity index is 508. The molecule has 1 aromatic rings. The Kier molecular flexibility index (Phi) is 3.45. The van der Waals surface area contributed by atoms with Crippen LogP contribution in [0.1, 0.15) is 24.0 Å². The van der Waals surface area contributed by atoms with Gasteiger partial charge < -0.3 is 10.4 Å². The third-order valence-electron chi connectivity index (χ3n) is 3.01. The third kappa shape index (κ3) is 2.96. The highest BCUT2D eigenvalue weighted by molar-refractivity contribution is 5.92. The molecule has 1 aliphatic rings. The van der Waals surface area contributed by atoms with Gasteiger partial charge in [-0.3, -0.25) is 4.79 Å². The van der Waals surface area contributed by atoms with Crippen molar-refractivity contribution in [1.29, 1.82) is 5.26 Å². The molecule has 1 amide bonds. The highest BCUT2D eigenvalue weighted by atomic mass is 16.3. The van der Waals surface area contributed by atoms with E-state index < -0.39 is 0 Å². The Balaban J connectivity index is 1.94. The first kappa shape index (κ1) is 12.3. The van der Waals surface area contributed by atoms with Gasteiger partial charge in [0.15, 0.2) is 0 Å². The molecule has 0 aromatic heterocycles. The standard InChI is InChI=1S/C14H14N2O2/c15-9-12-3-1-11(2-4-12)5-6-13(18)16-14(10-17)7-8-14/h1-6,17H,7-8,10H2,(H,16,18)/b6-5+. The van der Waals surface area contributed by atoms with Gasteiger partial charge in [-0.05, 0) is 36.6 Å². The quantitative estimate of drug-likeness (QED) is 0.779. The second-order valence-corrected chi connectivity index (χ2v) is 4.49. The number of aliphatic hydroxyl groups excluding tert-OH is 1. The highest BCUT2D eigenvalue weighted by Crippen LogP contribution is 2.34. The monoisotopic (exact) mass is 242 g/mol. The molecule has 4 nitrogen and oxygen atoms in total. The van der Waals surface area contributed by atoms with Crippen LogP contribution in [0, 0.1) is 11.3 Å². The van der Waals surface area contributed by atoms with E-state index in [0.29, 0.717) is 5.56 Å². The van der Waals surface area contributed by atoms with Gasteiger partial charge in [0.05, 0.1) is 23.8 Å². The van der Waals surface area contributed by atoms with Crippen LogP contribution in [-0.4, -0.2) is 23.2 Å². The summed E-state index contributed by atoms with van der Waals surface area (Å²) in [7, 11) is 0. The van der Waals surface area contributed by atoms with E-state index >= 15 is 0 Å². The van der Waals surface area contributed by atoms with Gasteiger partial charge in [-0.25, -0.2) is 0 Å². The van der Waals surface area contributed by atoms with Crippen LogP contribution in [-0.2, 0) is 4.79 Å². The molecule has 2 N–H and O–H groups in total. The highest BCUT2D eigenvalue weighted by Gasteiger charge is 2.42. The maximum atomic E-state index is 11.6. The summed E-state index contributed by atoms with van der Waals surface area (Å²) in [6.07, 6.45) is 4.79. The number of hydrogen-bond acceptors (Lipinski definition) is 3. The fourth-order valence-electron chi connectivity index (χ4n) is 1.62. The lowest BCUT2D eigenvalue weighted by Crippen LogP contribution is -2.38. The lowest BCUT2D eigenvalue weighted by molar-refractivity contribution is -0.117. The molecule has 0 radical (unpaired) electrons. The summed E-state index contributed by atoms with van der Waals surface area (Å²) in [6.45, 7) is -0.0105. The fraction of sp³-hybridized carbons (Fsp3) is 0.286. The summed E-state index contributed by atoms with van der Waals surface area (Å²) in [5, 5.41) is 20.5. The lowest BCUT2D eigenvalue weighted by Gasteiger charge is -2.11. The van der Waals surface area contributed by atoms with Gasteiger partial charge in [0.2, 0.25) is 5.91 Å². The zero-order chi connectivity index (χ0) is 13.0. The molecule has 0 aliphatic heterocycles. The predicted molar refractivity (Wildman–Crippen MR) is 67.4 cm³/mol. The smallest absolute Gasteiger partial charge is 0.244 e. The maximum Gasteiger partial charge on any atom is 0.244 e. The first-order chi connectivity index (χ1) is 8.67. The molecule has 0 atom stereocenters. The lowest BCUT2D eigenvalue weighted by atomic mass is 10.1. The van der Waals surface area contributed by atoms with Crippen LogP contribution in [0.5, 0.6) is 0 Å². The minimum atomic E-state index is -0.383. The van der Waals surface area contributed by atoms with E-state index in [1.54, 1.807) is 30.3 Å². The van der Waals surface area contributed by atoms with Crippen molar-refractivity contribution in [2.24, 2.45) is 0 Å². The van der Waals surface area contributed by atoms with Crippen LogP contribution < -0.4 is 5.32 Å². The van der Waals surface area contributed by atoms with E-state index in [4.69, 9.17) is 10.4 Å². The van der Waals surface area contributed by atoms with Crippen molar-refractivity contribution in [2.45, 2.75) is 18.4 Å². The minimum Gasteiger partial charge on any atom is -0.394 e. The maximum absolute atomic E-state index is 11.6. The first-order valence-corrected chi connectivity index (χ1v) is 5.79. The molecule has 0 bridgehead atoms. The van der Waals surface area contributed by atoms with Gasteiger partial charge in [0.25, 0.3) is 0 Å². The van der Waals surface area contributed by atoms with Crippen molar-refractivity contribution >= 4 is 12.0 Å². The molecule has 1 aliphatic carbocycles. The summed E-state index contributed by atoms with van der Waals surface area (Å²) in [6, 6.07) is 9.00. The van der Waals surface area contributed by atoms with Crippen molar-refractivity contribution in [3.05, 3.63) is 41.5 Å². The molecular formula is C14H14N2O2. The molecule has 1 fully saturated rings. The number of aliphatic hydroxyl groups is 1. The molecule has 92 valence electrons. The van der Waals surface area contributed by atoms with Gasteiger partial charge in [0, 0.05) is 6.08 Å². The van der Waals surface area contributed by atoms with E-state index in [9.17, 15) is 4.79 Å². The van der Waals surface area contributed by atoms with Crippen LogP contribution in [0.2, 0.25) is 0 Å². The molecule has 0 unspecified atom stereocenters. The van der Waals surface area contributed by atoms with E-state index in [1.165, 1.54) is 6.08 Å². The Labute approximate surface area is 106 Å². The van der Waals surface area contributed by atoms with Crippen LogP contribution in [0.15, 0.2) is 30.3 Å². The second kappa shape index (κ2) is 5.03.